The zero-order valence-corrected chi connectivity index (χ0v) is 12.7. The Hall–Kier alpha value is 0.01000. The van der Waals surface area contributed by atoms with Gasteiger partial charge in [-0.25, -0.2) is 0 Å². The molecule has 0 spiro atoms. The molecule has 1 heterocycles. The number of hydrogen-bond acceptors (Lipinski definition) is 2. The molecule has 0 unspecified atom stereocenters. The quantitative estimate of drug-likeness (QED) is 0.892. The van der Waals surface area contributed by atoms with Crippen LogP contribution < -0.4 is 10.6 Å². The fourth-order valence-electron chi connectivity index (χ4n) is 2.11. The van der Waals surface area contributed by atoms with Crippen LogP contribution >= 0.6 is 36.4 Å². The van der Waals surface area contributed by atoms with Gasteiger partial charge in [-0.3, -0.25) is 0 Å². The lowest BCUT2D eigenvalue weighted by atomic mass is 9.98. The largest absolute Gasteiger partial charge is 0.317 e. The van der Waals surface area contributed by atoms with Crippen LogP contribution in [0.2, 0.25) is 5.02 Å². The Kier molecular flexibility index (Phi) is 9.88. The number of halogens is 3. The number of hydrogen-bond donors (Lipinski definition) is 2. The lowest BCUT2D eigenvalue weighted by Crippen LogP contribution is -2.33. The lowest BCUT2D eigenvalue weighted by Gasteiger charge is -2.22. The van der Waals surface area contributed by atoms with Crippen molar-refractivity contribution in [2.75, 3.05) is 19.6 Å². The maximum atomic E-state index is 5.84. The fraction of sp³-hybridized carbons (Fsp3) is 0.538. The number of rotatable bonds is 4. The molecule has 0 radical (unpaired) electrons. The van der Waals surface area contributed by atoms with Crippen molar-refractivity contribution in [3.63, 3.8) is 0 Å². The molecule has 2 rings (SSSR count). The van der Waals surface area contributed by atoms with Crippen molar-refractivity contribution < 1.29 is 0 Å². The molecule has 5 heteroatoms. The van der Waals surface area contributed by atoms with E-state index in [0.29, 0.717) is 0 Å². The van der Waals surface area contributed by atoms with Crippen LogP contribution in [-0.2, 0) is 6.54 Å². The Morgan fingerprint density at radius 3 is 2.33 bits per heavy atom. The van der Waals surface area contributed by atoms with E-state index < -0.39 is 0 Å². The highest BCUT2D eigenvalue weighted by Gasteiger charge is 2.11. The van der Waals surface area contributed by atoms with E-state index in [1.54, 1.807) is 0 Å². The molecular weight excluding hydrogens is 291 g/mol. The van der Waals surface area contributed by atoms with Gasteiger partial charge in [0.2, 0.25) is 0 Å². The third-order valence-corrected chi connectivity index (χ3v) is 3.39. The van der Waals surface area contributed by atoms with E-state index in [1.165, 1.54) is 31.5 Å². The van der Waals surface area contributed by atoms with Crippen molar-refractivity contribution in [3.8, 4) is 0 Å². The average Bonchev–Trinajstić information content (AvgIpc) is 2.33. The van der Waals surface area contributed by atoms with Gasteiger partial charge < -0.3 is 10.6 Å². The maximum absolute atomic E-state index is 5.84. The number of benzene rings is 1. The summed E-state index contributed by atoms with van der Waals surface area (Å²) in [6.07, 6.45) is 2.60. The zero-order chi connectivity index (χ0) is 11.2. The molecule has 1 fully saturated rings. The van der Waals surface area contributed by atoms with Gasteiger partial charge in [-0.2, -0.15) is 0 Å². The highest BCUT2D eigenvalue weighted by Crippen LogP contribution is 2.11. The topological polar surface area (TPSA) is 24.1 Å². The van der Waals surface area contributed by atoms with Gasteiger partial charge in [-0.1, -0.05) is 23.7 Å². The normalized spacial score (nSPS) is 15.6. The van der Waals surface area contributed by atoms with Crippen molar-refractivity contribution in [3.05, 3.63) is 34.9 Å². The second-order valence-electron chi connectivity index (χ2n) is 4.45. The Bertz CT molecular complexity index is 311. The van der Waals surface area contributed by atoms with E-state index >= 15 is 0 Å². The van der Waals surface area contributed by atoms with E-state index in [9.17, 15) is 0 Å². The lowest BCUT2D eigenvalue weighted by molar-refractivity contribution is 0.356. The summed E-state index contributed by atoms with van der Waals surface area (Å²) in [5.74, 6) is 0.841. The van der Waals surface area contributed by atoms with Crippen LogP contribution in [-0.4, -0.2) is 19.6 Å². The standard InChI is InChI=1S/C13H19ClN2.2ClH/c14-13-3-1-11(2-4-13)9-16-10-12-5-7-15-8-6-12;;/h1-4,12,15-16H,5-10H2;2*1H. The first-order chi connectivity index (χ1) is 7.84. The van der Waals surface area contributed by atoms with Gasteiger partial charge in [0.15, 0.2) is 0 Å². The first-order valence-corrected chi connectivity index (χ1v) is 6.38. The van der Waals surface area contributed by atoms with Crippen LogP contribution in [0, 0.1) is 5.92 Å². The Balaban J connectivity index is 0.00000144. The molecule has 0 saturated carbocycles. The van der Waals surface area contributed by atoms with Crippen LogP contribution in [0.25, 0.3) is 0 Å². The third kappa shape index (κ3) is 6.26. The van der Waals surface area contributed by atoms with Gasteiger partial charge in [0.25, 0.3) is 0 Å². The molecular formula is C13H21Cl3N2. The van der Waals surface area contributed by atoms with Crippen LogP contribution in [0.15, 0.2) is 24.3 Å². The Morgan fingerprint density at radius 2 is 1.72 bits per heavy atom. The van der Waals surface area contributed by atoms with E-state index in [4.69, 9.17) is 11.6 Å². The summed E-state index contributed by atoms with van der Waals surface area (Å²) in [4.78, 5) is 0. The van der Waals surface area contributed by atoms with Gasteiger partial charge >= 0.3 is 0 Å². The molecule has 18 heavy (non-hydrogen) atoms. The number of nitrogens with one attached hydrogen (secondary N) is 2. The van der Waals surface area contributed by atoms with Gasteiger partial charge in [0.1, 0.15) is 0 Å². The molecule has 1 aliphatic heterocycles. The zero-order valence-electron chi connectivity index (χ0n) is 10.3. The average molecular weight is 312 g/mol. The fourth-order valence-corrected chi connectivity index (χ4v) is 2.23. The Morgan fingerprint density at radius 1 is 1.11 bits per heavy atom. The van der Waals surface area contributed by atoms with E-state index in [0.717, 1.165) is 24.0 Å². The predicted octanol–water partition coefficient (Wildman–Crippen LogP) is 3.27. The smallest absolute Gasteiger partial charge is 0.0406 e. The SMILES string of the molecule is Cl.Cl.Clc1ccc(CNCC2CCNCC2)cc1. The van der Waals surface area contributed by atoms with Crippen molar-refractivity contribution >= 4 is 36.4 Å². The first-order valence-electron chi connectivity index (χ1n) is 6.00. The van der Waals surface area contributed by atoms with Gasteiger partial charge in [0.05, 0.1) is 0 Å². The molecule has 0 aromatic heterocycles. The highest BCUT2D eigenvalue weighted by molar-refractivity contribution is 6.30. The molecule has 2 nitrogen and oxygen atoms in total. The van der Waals surface area contributed by atoms with Crippen molar-refractivity contribution in [1.29, 1.82) is 0 Å². The van der Waals surface area contributed by atoms with Crippen molar-refractivity contribution in [1.82, 2.24) is 10.6 Å². The molecule has 0 bridgehead atoms. The predicted molar refractivity (Wildman–Crippen MR) is 83.2 cm³/mol. The minimum atomic E-state index is 0. The molecule has 1 aromatic carbocycles. The third-order valence-electron chi connectivity index (χ3n) is 3.13. The molecule has 1 saturated heterocycles. The minimum absolute atomic E-state index is 0. The van der Waals surface area contributed by atoms with E-state index in [2.05, 4.69) is 22.8 Å². The summed E-state index contributed by atoms with van der Waals surface area (Å²) in [7, 11) is 0. The second kappa shape index (κ2) is 9.88. The summed E-state index contributed by atoms with van der Waals surface area (Å²) < 4.78 is 0. The molecule has 1 aromatic rings. The summed E-state index contributed by atoms with van der Waals surface area (Å²) >= 11 is 5.84. The molecule has 104 valence electrons. The minimum Gasteiger partial charge on any atom is -0.317 e. The second-order valence-corrected chi connectivity index (χ2v) is 4.89. The van der Waals surface area contributed by atoms with Crippen LogP contribution in [0.1, 0.15) is 18.4 Å². The molecule has 1 aliphatic rings. The molecule has 2 N–H and O–H groups in total. The summed E-state index contributed by atoms with van der Waals surface area (Å²) in [6.45, 7) is 4.42. The number of piperidine rings is 1. The van der Waals surface area contributed by atoms with E-state index in [-0.39, 0.29) is 24.8 Å². The summed E-state index contributed by atoms with van der Waals surface area (Å²) in [5.41, 5.74) is 1.30. The Labute approximate surface area is 127 Å². The summed E-state index contributed by atoms with van der Waals surface area (Å²) in [5, 5.41) is 7.71. The van der Waals surface area contributed by atoms with Crippen molar-refractivity contribution in [2.45, 2.75) is 19.4 Å². The van der Waals surface area contributed by atoms with Gasteiger partial charge in [-0.15, -0.1) is 24.8 Å². The van der Waals surface area contributed by atoms with Crippen LogP contribution in [0.5, 0.6) is 0 Å². The van der Waals surface area contributed by atoms with Crippen molar-refractivity contribution in [2.24, 2.45) is 5.92 Å². The summed E-state index contributed by atoms with van der Waals surface area (Å²) in [6, 6.07) is 8.06. The van der Waals surface area contributed by atoms with E-state index in [1.807, 2.05) is 12.1 Å². The van der Waals surface area contributed by atoms with Gasteiger partial charge in [-0.05, 0) is 56.1 Å². The first kappa shape index (κ1) is 18.0. The highest BCUT2D eigenvalue weighted by atomic mass is 35.5. The molecule has 0 amide bonds. The van der Waals surface area contributed by atoms with Gasteiger partial charge in [0, 0.05) is 11.6 Å². The maximum Gasteiger partial charge on any atom is 0.0406 e. The molecule has 0 atom stereocenters. The molecule has 0 aliphatic carbocycles. The monoisotopic (exact) mass is 310 g/mol. The van der Waals surface area contributed by atoms with Crippen LogP contribution in [0.3, 0.4) is 0 Å². The van der Waals surface area contributed by atoms with Crippen LogP contribution in [0.4, 0.5) is 0 Å².